The molecule has 1 rings (SSSR count). The van der Waals surface area contributed by atoms with Crippen molar-refractivity contribution < 1.29 is 49.3 Å². The molecule has 1 aliphatic rings. The molecule has 8 unspecified atom stereocenters. The molecule has 0 saturated carbocycles. The fourth-order valence-electron chi connectivity index (χ4n) is 12.1. The van der Waals surface area contributed by atoms with Crippen LogP contribution in [0.5, 0.6) is 0 Å². The number of amides is 1. The van der Waals surface area contributed by atoms with Crippen LogP contribution in [0.3, 0.4) is 0 Å². The highest BCUT2D eigenvalue weighted by molar-refractivity contribution is 5.80. The summed E-state index contributed by atoms with van der Waals surface area (Å²) < 4.78 is 17.7. The molecular formula is C82H147NO10. The number of carbonyl (C=O) groups excluding carboxylic acids is 2. The Morgan fingerprint density at radius 2 is 0.742 bits per heavy atom. The minimum absolute atomic E-state index is 0.115. The maximum absolute atomic E-state index is 13.5. The standard InChI is InChI=1S/C82H147NO10/c1-4-7-10-13-16-19-22-25-27-29-31-33-35-37-39-40-42-44-46-48-51-54-57-60-63-66-69-75(86)81(90)83-73(74(85)68-65-62-59-56-53-50-24-21-18-15-12-9-6-3)72-91-82-80(79(89)78(88)76(71-84)92-82)93-77(87)70-67-64-61-58-55-52-49-47-45-43-41-38-36-34-32-30-28-26-23-20-17-14-11-8-5-2/h16-17,19-20,25-28,32,34,38,41,65,68,73-76,78-80,82,84-86,88-89H,4-15,18,21-24,29-31,33,35-37,39-40,42-64,66-67,69-72H2,1-3H3,(H,83,90)/b19-16-,20-17-,27-25-,28-26-,34-32-,41-38-,68-65+. The van der Waals surface area contributed by atoms with Crippen molar-refractivity contribution in [2.45, 2.75) is 410 Å². The predicted octanol–water partition coefficient (Wildman–Crippen LogP) is 21.2. The molecule has 0 aromatic rings. The first-order valence-electron chi connectivity index (χ1n) is 39.4. The highest BCUT2D eigenvalue weighted by atomic mass is 16.7. The Labute approximate surface area is 572 Å². The number of ether oxygens (including phenoxy) is 3. The number of nitrogens with one attached hydrogen (secondary N) is 1. The zero-order chi connectivity index (χ0) is 67.4. The van der Waals surface area contributed by atoms with Crippen LogP contribution in [0.15, 0.2) is 85.1 Å². The van der Waals surface area contributed by atoms with E-state index in [0.29, 0.717) is 19.3 Å². The van der Waals surface area contributed by atoms with Crippen LogP contribution in [0.25, 0.3) is 0 Å². The molecule has 1 heterocycles. The Hall–Kier alpha value is -3.16. The van der Waals surface area contributed by atoms with Gasteiger partial charge < -0.3 is 45.1 Å². The predicted molar refractivity (Wildman–Crippen MR) is 393 cm³/mol. The molecule has 0 spiro atoms. The lowest BCUT2D eigenvalue weighted by molar-refractivity contribution is -0.305. The quantitative estimate of drug-likeness (QED) is 0.0195. The minimum Gasteiger partial charge on any atom is -0.454 e. The van der Waals surface area contributed by atoms with E-state index in [4.69, 9.17) is 14.2 Å². The van der Waals surface area contributed by atoms with Gasteiger partial charge in [-0.2, -0.15) is 0 Å². The van der Waals surface area contributed by atoms with Crippen LogP contribution >= 0.6 is 0 Å². The molecule has 93 heavy (non-hydrogen) atoms. The molecule has 0 aliphatic carbocycles. The molecule has 11 nitrogen and oxygen atoms in total. The molecule has 0 aromatic carbocycles. The second kappa shape index (κ2) is 68.8. The van der Waals surface area contributed by atoms with Gasteiger partial charge in [0.1, 0.15) is 24.4 Å². The van der Waals surface area contributed by atoms with Gasteiger partial charge in [-0.3, -0.25) is 9.59 Å². The summed E-state index contributed by atoms with van der Waals surface area (Å²) in [7, 11) is 0. The lowest BCUT2D eigenvalue weighted by Crippen LogP contribution is -2.61. The van der Waals surface area contributed by atoms with Crippen molar-refractivity contribution in [2.75, 3.05) is 13.2 Å². The normalized spacial score (nSPS) is 18.3. The largest absolute Gasteiger partial charge is 0.454 e. The second-order valence-electron chi connectivity index (χ2n) is 27.1. The van der Waals surface area contributed by atoms with Crippen molar-refractivity contribution in [3.8, 4) is 0 Å². The zero-order valence-electron chi connectivity index (χ0n) is 60.4. The highest BCUT2D eigenvalue weighted by Crippen LogP contribution is 2.27. The maximum Gasteiger partial charge on any atom is 0.306 e. The van der Waals surface area contributed by atoms with E-state index in [1.165, 1.54) is 218 Å². The molecule has 0 bridgehead atoms. The maximum atomic E-state index is 13.5. The van der Waals surface area contributed by atoms with Crippen LogP contribution in [0.2, 0.25) is 0 Å². The molecule has 0 radical (unpaired) electrons. The van der Waals surface area contributed by atoms with E-state index in [-0.39, 0.29) is 13.0 Å². The van der Waals surface area contributed by atoms with Gasteiger partial charge in [0.25, 0.3) is 0 Å². The topological polar surface area (TPSA) is 175 Å². The lowest BCUT2D eigenvalue weighted by Gasteiger charge is -2.41. The van der Waals surface area contributed by atoms with Crippen LogP contribution in [-0.4, -0.2) is 99.6 Å². The number of rotatable bonds is 68. The first-order valence-corrected chi connectivity index (χ1v) is 39.4. The van der Waals surface area contributed by atoms with Crippen LogP contribution in [-0.2, 0) is 23.8 Å². The van der Waals surface area contributed by atoms with Crippen LogP contribution in [0.1, 0.15) is 361 Å². The molecule has 0 aromatic heterocycles. The average molecular weight is 1310 g/mol. The van der Waals surface area contributed by atoms with Gasteiger partial charge >= 0.3 is 5.97 Å². The van der Waals surface area contributed by atoms with Crippen molar-refractivity contribution >= 4 is 11.9 Å². The van der Waals surface area contributed by atoms with Crippen molar-refractivity contribution in [3.05, 3.63) is 85.1 Å². The number of hydrogen-bond donors (Lipinski definition) is 6. The molecule has 11 heteroatoms. The molecule has 540 valence electrons. The van der Waals surface area contributed by atoms with Crippen molar-refractivity contribution in [1.82, 2.24) is 5.32 Å². The van der Waals surface area contributed by atoms with Crippen LogP contribution < -0.4 is 5.32 Å². The summed E-state index contributed by atoms with van der Waals surface area (Å²) in [5, 5.41) is 57.5. The van der Waals surface area contributed by atoms with E-state index in [9.17, 15) is 35.1 Å². The first kappa shape index (κ1) is 87.9. The van der Waals surface area contributed by atoms with Gasteiger partial charge in [-0.1, -0.05) is 337 Å². The van der Waals surface area contributed by atoms with E-state index < -0.39 is 67.4 Å². The van der Waals surface area contributed by atoms with Gasteiger partial charge in [0.15, 0.2) is 12.4 Å². The van der Waals surface area contributed by atoms with Gasteiger partial charge in [0.05, 0.1) is 25.4 Å². The second-order valence-corrected chi connectivity index (χ2v) is 27.1. The summed E-state index contributed by atoms with van der Waals surface area (Å²) in [6.07, 6.45) is 81.9. The fraction of sp³-hybridized carbons (Fsp3) is 0.805. The third kappa shape index (κ3) is 55.5. The number of esters is 1. The van der Waals surface area contributed by atoms with E-state index in [2.05, 4.69) is 99.0 Å². The SMILES string of the molecule is CCCCC/C=C\C/C=C\C/C=C\C/C=C\CCCCCCCCCCCC(=O)OC1C(OCC(NC(=O)C(O)CCCCCCCCCCCCCCCCCC/C=C\C/C=C\CCCCC)C(O)/C=C/CCCCCCCCCCCCC)OC(CO)C(O)C1O. The monoisotopic (exact) mass is 1310 g/mol. The van der Waals surface area contributed by atoms with Gasteiger partial charge in [-0.05, 0) is 103 Å². The number of unbranched alkanes of at least 4 members (excludes halogenated alkanes) is 42. The fourth-order valence-corrected chi connectivity index (χ4v) is 12.1. The lowest BCUT2D eigenvalue weighted by atomic mass is 9.99. The molecule has 1 aliphatic heterocycles. The molecule has 8 atom stereocenters. The summed E-state index contributed by atoms with van der Waals surface area (Å²) in [6, 6.07) is -1.03. The minimum atomic E-state index is -1.62. The van der Waals surface area contributed by atoms with Gasteiger partial charge in [0, 0.05) is 6.42 Å². The van der Waals surface area contributed by atoms with Crippen molar-refractivity contribution in [1.29, 1.82) is 0 Å². The van der Waals surface area contributed by atoms with E-state index >= 15 is 0 Å². The molecule has 1 saturated heterocycles. The summed E-state index contributed by atoms with van der Waals surface area (Å²) in [5.41, 5.74) is 0. The van der Waals surface area contributed by atoms with Crippen LogP contribution in [0, 0.1) is 0 Å². The highest BCUT2D eigenvalue weighted by Gasteiger charge is 2.47. The molecule has 6 N–H and O–H groups in total. The third-order valence-corrected chi connectivity index (χ3v) is 18.3. The number of carbonyl (C=O) groups is 2. The summed E-state index contributed by atoms with van der Waals surface area (Å²) in [5.74, 6) is -1.19. The zero-order valence-corrected chi connectivity index (χ0v) is 60.4. The number of hydrogen-bond acceptors (Lipinski definition) is 10. The Balaban J connectivity index is 2.53. The first-order chi connectivity index (χ1) is 45.7. The molecular weight excluding hydrogens is 1160 g/mol. The number of aliphatic hydroxyl groups excluding tert-OH is 5. The van der Waals surface area contributed by atoms with E-state index in [1.807, 2.05) is 6.08 Å². The van der Waals surface area contributed by atoms with Gasteiger partial charge in [-0.25, -0.2) is 0 Å². The Morgan fingerprint density at radius 1 is 0.419 bits per heavy atom. The van der Waals surface area contributed by atoms with Crippen molar-refractivity contribution in [2.24, 2.45) is 0 Å². The van der Waals surface area contributed by atoms with Gasteiger partial charge in [-0.15, -0.1) is 0 Å². The van der Waals surface area contributed by atoms with Crippen LogP contribution in [0.4, 0.5) is 0 Å². The Morgan fingerprint density at radius 3 is 1.13 bits per heavy atom. The molecule has 1 fully saturated rings. The van der Waals surface area contributed by atoms with Gasteiger partial charge in [0.2, 0.25) is 5.91 Å². The summed E-state index contributed by atoms with van der Waals surface area (Å²) in [4.78, 5) is 26.8. The Bertz CT molecular complexity index is 1840. The number of allylic oxidation sites excluding steroid dienone is 13. The third-order valence-electron chi connectivity index (χ3n) is 18.3. The Kier molecular flexibility index (Phi) is 65.0. The molecule has 1 amide bonds. The summed E-state index contributed by atoms with van der Waals surface area (Å²) in [6.45, 7) is 5.79. The van der Waals surface area contributed by atoms with E-state index in [0.717, 1.165) is 96.3 Å². The summed E-state index contributed by atoms with van der Waals surface area (Å²) >= 11 is 0. The van der Waals surface area contributed by atoms with Crippen molar-refractivity contribution in [3.63, 3.8) is 0 Å². The number of aliphatic hydroxyl groups is 5. The average Bonchev–Trinajstić information content (AvgIpc) is 0.843. The smallest absolute Gasteiger partial charge is 0.306 e. The van der Waals surface area contributed by atoms with E-state index in [1.54, 1.807) is 6.08 Å².